The minimum absolute atomic E-state index is 0.0612. The molecule has 14 nitrogen and oxygen atoms in total. The monoisotopic (exact) mass is 732 g/mol. The molecule has 4 aliphatic heterocycles. The van der Waals surface area contributed by atoms with Crippen molar-refractivity contribution in [3.8, 4) is 11.5 Å². The predicted molar refractivity (Wildman–Crippen MR) is 193 cm³/mol. The van der Waals surface area contributed by atoms with Gasteiger partial charge in [-0.15, -0.1) is 0 Å². The highest BCUT2D eigenvalue weighted by atomic mass is 16.5. The molecule has 14 heteroatoms. The molecule has 2 N–H and O–H groups in total. The Morgan fingerprint density at radius 3 is 1.28 bits per heavy atom. The molecule has 54 heavy (non-hydrogen) atoms. The van der Waals surface area contributed by atoms with Gasteiger partial charge in [0.2, 0.25) is 0 Å². The van der Waals surface area contributed by atoms with Gasteiger partial charge < -0.3 is 19.7 Å². The normalized spacial score (nSPS) is 20.0. The van der Waals surface area contributed by atoms with Gasteiger partial charge in [0.05, 0.1) is 25.6 Å². The molecule has 2 saturated heterocycles. The van der Waals surface area contributed by atoms with Crippen molar-refractivity contribution in [2.45, 2.75) is 50.9 Å². The third-order valence-corrected chi connectivity index (χ3v) is 11.0. The van der Waals surface area contributed by atoms with Crippen molar-refractivity contribution in [2.75, 3.05) is 37.1 Å². The zero-order valence-corrected chi connectivity index (χ0v) is 29.5. The van der Waals surface area contributed by atoms with Crippen LogP contribution in [0.25, 0.3) is 10.8 Å². The van der Waals surface area contributed by atoms with Crippen LogP contribution in [-0.2, 0) is 32.2 Å². The fourth-order valence-corrected chi connectivity index (χ4v) is 8.29. The Morgan fingerprint density at radius 2 is 0.944 bits per heavy atom. The van der Waals surface area contributed by atoms with Crippen molar-refractivity contribution < 1.29 is 48.5 Å². The molecular formula is C40H36N4O10. The van der Waals surface area contributed by atoms with Gasteiger partial charge in [0.25, 0.3) is 23.6 Å². The van der Waals surface area contributed by atoms with Crippen LogP contribution in [0.15, 0.2) is 60.7 Å². The van der Waals surface area contributed by atoms with Crippen LogP contribution in [0.2, 0.25) is 0 Å². The van der Waals surface area contributed by atoms with Crippen molar-refractivity contribution in [1.82, 2.24) is 9.80 Å². The Labute approximate surface area is 309 Å². The van der Waals surface area contributed by atoms with Crippen molar-refractivity contribution in [3.05, 3.63) is 94.0 Å². The Bertz CT molecular complexity index is 2090. The Morgan fingerprint density at radius 1 is 0.593 bits per heavy atom. The average Bonchev–Trinajstić information content (AvgIpc) is 3.84. The summed E-state index contributed by atoms with van der Waals surface area (Å²) >= 11 is 0. The molecule has 276 valence electrons. The first kappa shape index (κ1) is 34.9. The molecule has 8 rings (SSSR count). The van der Waals surface area contributed by atoms with Crippen LogP contribution in [0.1, 0.15) is 78.2 Å². The van der Waals surface area contributed by atoms with Gasteiger partial charge >= 0.3 is 11.9 Å². The molecule has 4 aromatic carbocycles. The van der Waals surface area contributed by atoms with Gasteiger partial charge in [0, 0.05) is 57.2 Å². The molecule has 4 aromatic rings. The summed E-state index contributed by atoms with van der Waals surface area (Å²) in [7, 11) is 2.65. The summed E-state index contributed by atoms with van der Waals surface area (Å²) < 4.78 is 9.89. The lowest BCUT2D eigenvalue weighted by Crippen LogP contribution is -2.43. The van der Waals surface area contributed by atoms with Crippen LogP contribution in [0, 0.1) is 0 Å². The summed E-state index contributed by atoms with van der Waals surface area (Å²) in [5, 5.41) is 21.9. The maximum Gasteiger partial charge on any atom is 0.323 e. The smallest absolute Gasteiger partial charge is 0.323 e. The highest BCUT2D eigenvalue weighted by Gasteiger charge is 2.41. The third kappa shape index (κ3) is 5.48. The van der Waals surface area contributed by atoms with Crippen LogP contribution >= 0.6 is 0 Å². The molecule has 4 aliphatic rings. The number of likely N-dealkylation sites (tertiary alicyclic amines) is 2. The molecule has 0 saturated carbocycles. The maximum absolute atomic E-state index is 14.1. The highest BCUT2D eigenvalue weighted by Crippen LogP contribution is 2.41. The lowest BCUT2D eigenvalue weighted by molar-refractivity contribution is -0.146. The van der Waals surface area contributed by atoms with E-state index in [1.54, 1.807) is 12.1 Å². The van der Waals surface area contributed by atoms with Gasteiger partial charge in [-0.25, -0.2) is 9.80 Å². The molecule has 0 radical (unpaired) electrons. The average molecular weight is 733 g/mol. The van der Waals surface area contributed by atoms with E-state index in [1.807, 2.05) is 9.80 Å². The summed E-state index contributed by atoms with van der Waals surface area (Å²) in [4.78, 5) is 87.0. The number of phenols is 2. The van der Waals surface area contributed by atoms with E-state index < -0.39 is 35.7 Å². The number of benzene rings is 4. The van der Waals surface area contributed by atoms with Crippen LogP contribution < -0.4 is 9.80 Å². The maximum atomic E-state index is 14.1. The van der Waals surface area contributed by atoms with Crippen LogP contribution in [-0.4, -0.2) is 95.0 Å². The summed E-state index contributed by atoms with van der Waals surface area (Å²) in [5.41, 5.74) is 1.73. The molecule has 0 bridgehead atoms. The number of anilines is 2. The number of rotatable bonds is 8. The highest BCUT2D eigenvalue weighted by molar-refractivity contribution is 6.42. The summed E-state index contributed by atoms with van der Waals surface area (Å²) in [6.45, 7) is 1.57. The van der Waals surface area contributed by atoms with Crippen molar-refractivity contribution in [3.63, 3.8) is 0 Å². The number of phenolic OH excluding ortho intramolecular Hbond substituents is 2. The summed E-state index contributed by atoms with van der Waals surface area (Å²) in [5.74, 6) is -3.54. The molecule has 4 heterocycles. The minimum atomic E-state index is -0.667. The van der Waals surface area contributed by atoms with Crippen LogP contribution in [0.3, 0.4) is 0 Å². The number of methoxy groups -OCH3 is 2. The fourth-order valence-electron chi connectivity index (χ4n) is 8.29. The fraction of sp³-hybridized carbons (Fsp3) is 0.300. The number of ether oxygens (including phenoxy) is 2. The topological polar surface area (TPSA) is 174 Å². The number of nitrogens with zero attached hydrogens (tertiary/aromatic N) is 4. The first-order chi connectivity index (χ1) is 26.0. The molecule has 2 atom stereocenters. The number of hydrogen-bond donors (Lipinski definition) is 2. The first-order valence-corrected chi connectivity index (χ1v) is 17.7. The Hall–Kier alpha value is -6.12. The van der Waals surface area contributed by atoms with Crippen LogP contribution in [0.5, 0.6) is 11.5 Å². The van der Waals surface area contributed by atoms with E-state index in [2.05, 4.69) is 0 Å². The van der Waals surface area contributed by atoms with Gasteiger partial charge in [0.15, 0.2) is 0 Å². The second-order valence-corrected chi connectivity index (χ2v) is 13.9. The van der Waals surface area contributed by atoms with Gasteiger partial charge in [-0.05, 0) is 99.4 Å². The third-order valence-electron chi connectivity index (χ3n) is 11.0. The van der Waals surface area contributed by atoms with Gasteiger partial charge in [-0.1, -0.05) is 0 Å². The summed E-state index contributed by atoms with van der Waals surface area (Å²) in [6.07, 6.45) is 2.75. The van der Waals surface area contributed by atoms with E-state index >= 15 is 0 Å². The second-order valence-electron chi connectivity index (χ2n) is 13.9. The number of imide groups is 2. The van der Waals surface area contributed by atoms with Gasteiger partial charge in [0.1, 0.15) is 23.6 Å². The molecule has 4 amide bonds. The zero-order chi connectivity index (χ0) is 38.0. The minimum Gasteiger partial charge on any atom is -0.508 e. The largest absolute Gasteiger partial charge is 0.508 e. The van der Waals surface area contributed by atoms with Crippen molar-refractivity contribution >= 4 is 57.7 Å². The standard InChI is InChI=1S/C40H36N4O10/c1-53-39(51)29-5-3-15-41(29)19-21-17-23(7-13-31(21)45)43-35(47)25-9-11-27-34-28(12-10-26(33(25)34)36(43)48)38(50)44(37(27)49)24-8-14-32(46)22(18-24)20-42-16-4-6-30(42)40(52)54-2/h7-14,17-18,29-30,45-46H,3-6,15-16,19-20H2,1-2H3/t29-,30-/m0/s1. The number of carbonyl (C=O) groups is 6. The molecular weight excluding hydrogens is 696 g/mol. The summed E-state index contributed by atoms with van der Waals surface area (Å²) in [6, 6.07) is 13.7. The van der Waals surface area contributed by atoms with E-state index in [1.165, 1.54) is 62.8 Å². The van der Waals surface area contributed by atoms with E-state index in [0.29, 0.717) is 37.1 Å². The van der Waals surface area contributed by atoms with E-state index in [0.717, 1.165) is 22.6 Å². The quantitative estimate of drug-likeness (QED) is 0.196. The van der Waals surface area contributed by atoms with Crippen molar-refractivity contribution in [1.29, 1.82) is 0 Å². The zero-order valence-electron chi connectivity index (χ0n) is 29.5. The predicted octanol–water partition coefficient (Wildman–Crippen LogP) is 4.13. The number of esters is 2. The molecule has 0 aliphatic carbocycles. The van der Waals surface area contributed by atoms with Gasteiger partial charge in [-0.2, -0.15) is 0 Å². The van der Waals surface area contributed by atoms with E-state index in [4.69, 9.17) is 9.47 Å². The van der Waals surface area contributed by atoms with Crippen LogP contribution in [0.4, 0.5) is 11.4 Å². The lowest BCUT2D eigenvalue weighted by atomic mass is 9.85. The second kappa shape index (κ2) is 13.4. The number of amides is 4. The number of hydrogen-bond acceptors (Lipinski definition) is 12. The molecule has 0 unspecified atom stereocenters. The lowest BCUT2D eigenvalue weighted by Gasteiger charge is -2.32. The first-order valence-electron chi connectivity index (χ1n) is 17.7. The number of aromatic hydroxyl groups is 2. The van der Waals surface area contributed by atoms with E-state index in [-0.39, 0.29) is 80.9 Å². The molecule has 2 fully saturated rings. The Kier molecular flexibility index (Phi) is 8.66. The van der Waals surface area contributed by atoms with E-state index in [9.17, 15) is 39.0 Å². The SMILES string of the molecule is COC(=O)[C@@H]1CCCN1Cc1cc(N2C(=O)c3ccc4c5c(ccc(c35)C2=O)C(=O)N(c2ccc(O)c(CN3CCC[C@H]3C(=O)OC)c2)C4=O)ccc1O. The molecule has 0 spiro atoms. The molecule has 0 aromatic heterocycles. The van der Waals surface area contributed by atoms with Crippen molar-refractivity contribution in [2.24, 2.45) is 0 Å². The number of carbonyl (C=O) groups excluding carboxylic acids is 6. The Balaban J connectivity index is 1.11. The van der Waals surface area contributed by atoms with Gasteiger partial charge in [-0.3, -0.25) is 38.6 Å².